The van der Waals surface area contributed by atoms with Gasteiger partial charge in [0.2, 0.25) is 0 Å². The van der Waals surface area contributed by atoms with Crippen LogP contribution in [0.1, 0.15) is 29.8 Å². The predicted molar refractivity (Wildman–Crippen MR) is 88.9 cm³/mol. The van der Waals surface area contributed by atoms with Crippen molar-refractivity contribution >= 4 is 23.2 Å². The van der Waals surface area contributed by atoms with Crippen LogP contribution in [0.15, 0.2) is 42.5 Å². The molecule has 0 spiro atoms. The van der Waals surface area contributed by atoms with Gasteiger partial charge < -0.3 is 15.4 Å². The molecule has 0 atom stereocenters. The number of hydrogen-bond acceptors (Lipinski definition) is 3. The normalized spacial score (nSPS) is 15.2. The maximum atomic E-state index is 12.3. The molecule has 0 saturated heterocycles. The number of carbonyl (C=O) groups excluding carboxylic acids is 2. The zero-order valence-corrected chi connectivity index (χ0v) is 13.3. The quantitative estimate of drug-likeness (QED) is 0.894. The maximum absolute atomic E-state index is 12.3. The fraction of sp³-hybridized carbons (Fsp3) is 0.222. The summed E-state index contributed by atoms with van der Waals surface area (Å²) in [7, 11) is 0. The molecule has 2 amide bonds. The summed E-state index contributed by atoms with van der Waals surface area (Å²) in [5.41, 5.74) is 1.85. The van der Waals surface area contributed by atoms with Crippen molar-refractivity contribution in [3.63, 3.8) is 0 Å². The first kappa shape index (κ1) is 15.1. The second-order valence-corrected chi connectivity index (χ2v) is 6.10. The highest BCUT2D eigenvalue weighted by Gasteiger charge is 2.35. The Morgan fingerprint density at radius 3 is 2.70 bits per heavy atom. The standard InChI is InChI=1S/C18H18N2O3/c1-11-5-4-6-12(9-11)16(21)19-13-7-8-15-14(10-13)20-17(22)18(2,3)23-15/h4-10H,1-3H3,(H,19,21)(H,20,22). The van der Waals surface area contributed by atoms with Gasteiger partial charge >= 0.3 is 0 Å². The van der Waals surface area contributed by atoms with Crippen LogP contribution in [0.5, 0.6) is 5.75 Å². The second-order valence-electron chi connectivity index (χ2n) is 6.10. The molecule has 0 aliphatic carbocycles. The van der Waals surface area contributed by atoms with Crippen LogP contribution in [0.25, 0.3) is 0 Å². The maximum Gasteiger partial charge on any atom is 0.268 e. The van der Waals surface area contributed by atoms with Gasteiger partial charge in [-0.05, 0) is 51.1 Å². The Morgan fingerprint density at radius 1 is 1.17 bits per heavy atom. The van der Waals surface area contributed by atoms with E-state index in [1.54, 1.807) is 38.1 Å². The molecule has 0 saturated carbocycles. The Morgan fingerprint density at radius 2 is 1.96 bits per heavy atom. The fourth-order valence-corrected chi connectivity index (χ4v) is 2.38. The van der Waals surface area contributed by atoms with Crippen LogP contribution >= 0.6 is 0 Å². The fourth-order valence-electron chi connectivity index (χ4n) is 2.38. The number of fused-ring (bicyclic) bond motifs is 1. The molecule has 118 valence electrons. The van der Waals surface area contributed by atoms with Gasteiger partial charge in [-0.3, -0.25) is 9.59 Å². The molecular weight excluding hydrogens is 292 g/mol. The van der Waals surface area contributed by atoms with Crippen LogP contribution in [0, 0.1) is 6.92 Å². The number of rotatable bonds is 2. The van der Waals surface area contributed by atoms with E-state index in [4.69, 9.17) is 4.74 Å². The number of benzene rings is 2. The zero-order valence-electron chi connectivity index (χ0n) is 13.3. The Labute approximate surface area is 134 Å². The third kappa shape index (κ3) is 3.04. The largest absolute Gasteiger partial charge is 0.476 e. The summed E-state index contributed by atoms with van der Waals surface area (Å²) in [6, 6.07) is 12.5. The molecule has 23 heavy (non-hydrogen) atoms. The molecule has 1 aliphatic heterocycles. The highest BCUT2D eigenvalue weighted by molar-refractivity contribution is 6.05. The minimum Gasteiger partial charge on any atom is -0.476 e. The molecule has 0 unspecified atom stereocenters. The molecule has 0 bridgehead atoms. The number of carbonyl (C=O) groups is 2. The summed E-state index contributed by atoms with van der Waals surface area (Å²) < 4.78 is 5.67. The summed E-state index contributed by atoms with van der Waals surface area (Å²) in [4.78, 5) is 24.2. The van der Waals surface area contributed by atoms with Crippen LogP contribution in [0.2, 0.25) is 0 Å². The Hall–Kier alpha value is -2.82. The van der Waals surface area contributed by atoms with Crippen molar-refractivity contribution < 1.29 is 14.3 Å². The molecule has 0 fully saturated rings. The third-order valence-corrected chi connectivity index (χ3v) is 3.68. The van der Waals surface area contributed by atoms with Crippen LogP contribution in [0.3, 0.4) is 0 Å². The van der Waals surface area contributed by atoms with Gasteiger partial charge in [-0.15, -0.1) is 0 Å². The lowest BCUT2D eigenvalue weighted by Gasteiger charge is -2.31. The monoisotopic (exact) mass is 310 g/mol. The lowest BCUT2D eigenvalue weighted by atomic mass is 10.1. The van der Waals surface area contributed by atoms with E-state index in [2.05, 4.69) is 10.6 Å². The van der Waals surface area contributed by atoms with Gasteiger partial charge in [0.25, 0.3) is 11.8 Å². The highest BCUT2D eigenvalue weighted by atomic mass is 16.5. The van der Waals surface area contributed by atoms with Crippen LogP contribution in [-0.4, -0.2) is 17.4 Å². The first-order chi connectivity index (χ1) is 10.8. The summed E-state index contributed by atoms with van der Waals surface area (Å²) in [6.45, 7) is 5.35. The van der Waals surface area contributed by atoms with Gasteiger partial charge in [-0.1, -0.05) is 17.7 Å². The number of hydrogen-bond donors (Lipinski definition) is 2. The van der Waals surface area contributed by atoms with Gasteiger partial charge in [-0.25, -0.2) is 0 Å². The van der Waals surface area contributed by atoms with Gasteiger partial charge in [0.05, 0.1) is 5.69 Å². The molecule has 1 aliphatic rings. The minimum atomic E-state index is -0.903. The summed E-state index contributed by atoms with van der Waals surface area (Å²) in [6.07, 6.45) is 0. The molecule has 0 aromatic heterocycles. The molecule has 3 rings (SSSR count). The van der Waals surface area contributed by atoms with Crippen molar-refractivity contribution in [2.75, 3.05) is 10.6 Å². The lowest BCUT2D eigenvalue weighted by molar-refractivity contribution is -0.129. The second kappa shape index (κ2) is 5.43. The van der Waals surface area contributed by atoms with Crippen LogP contribution in [-0.2, 0) is 4.79 Å². The Bertz CT molecular complexity index is 797. The third-order valence-electron chi connectivity index (χ3n) is 3.68. The van der Waals surface area contributed by atoms with Crippen molar-refractivity contribution in [1.82, 2.24) is 0 Å². The summed E-state index contributed by atoms with van der Waals surface area (Å²) in [5.74, 6) is 0.173. The van der Waals surface area contributed by atoms with Crippen LogP contribution in [0.4, 0.5) is 11.4 Å². The molecule has 0 radical (unpaired) electrons. The first-order valence-corrected chi connectivity index (χ1v) is 7.38. The zero-order chi connectivity index (χ0) is 16.6. The van der Waals surface area contributed by atoms with E-state index < -0.39 is 5.60 Å². The van der Waals surface area contributed by atoms with Gasteiger partial charge in [0.15, 0.2) is 5.60 Å². The van der Waals surface area contributed by atoms with E-state index >= 15 is 0 Å². The van der Waals surface area contributed by atoms with Crippen molar-refractivity contribution in [3.05, 3.63) is 53.6 Å². The SMILES string of the molecule is Cc1cccc(C(=O)Nc2ccc3c(c2)NC(=O)C(C)(C)O3)c1. The number of amides is 2. The molecule has 2 N–H and O–H groups in total. The first-order valence-electron chi connectivity index (χ1n) is 7.38. The minimum absolute atomic E-state index is 0.197. The van der Waals surface area contributed by atoms with Crippen molar-refractivity contribution in [3.8, 4) is 5.75 Å². The average molecular weight is 310 g/mol. The van der Waals surface area contributed by atoms with E-state index in [0.29, 0.717) is 22.7 Å². The highest BCUT2D eigenvalue weighted by Crippen LogP contribution is 2.35. The smallest absolute Gasteiger partial charge is 0.268 e. The molecule has 5 heteroatoms. The van der Waals surface area contributed by atoms with E-state index in [-0.39, 0.29) is 11.8 Å². The number of aryl methyl sites for hydroxylation is 1. The Balaban J connectivity index is 1.82. The van der Waals surface area contributed by atoms with E-state index in [9.17, 15) is 9.59 Å². The Kier molecular flexibility index (Phi) is 3.56. The number of ether oxygens (including phenoxy) is 1. The van der Waals surface area contributed by atoms with E-state index in [1.807, 2.05) is 25.1 Å². The van der Waals surface area contributed by atoms with E-state index in [0.717, 1.165) is 5.56 Å². The van der Waals surface area contributed by atoms with Crippen LogP contribution < -0.4 is 15.4 Å². The topological polar surface area (TPSA) is 67.4 Å². The average Bonchev–Trinajstić information content (AvgIpc) is 2.48. The van der Waals surface area contributed by atoms with Crippen molar-refractivity contribution in [2.24, 2.45) is 0 Å². The lowest BCUT2D eigenvalue weighted by Crippen LogP contribution is -2.45. The summed E-state index contributed by atoms with van der Waals surface area (Å²) >= 11 is 0. The molecule has 2 aromatic rings. The predicted octanol–water partition coefficient (Wildman–Crippen LogP) is 3.36. The number of anilines is 2. The van der Waals surface area contributed by atoms with Gasteiger partial charge in [-0.2, -0.15) is 0 Å². The van der Waals surface area contributed by atoms with Crippen molar-refractivity contribution in [2.45, 2.75) is 26.4 Å². The van der Waals surface area contributed by atoms with E-state index in [1.165, 1.54) is 0 Å². The van der Waals surface area contributed by atoms with Crippen molar-refractivity contribution in [1.29, 1.82) is 0 Å². The summed E-state index contributed by atoms with van der Waals surface area (Å²) in [5, 5.41) is 5.62. The van der Waals surface area contributed by atoms with Gasteiger partial charge in [0, 0.05) is 11.3 Å². The molecule has 5 nitrogen and oxygen atoms in total. The molecular formula is C18H18N2O3. The number of nitrogens with one attached hydrogen (secondary N) is 2. The van der Waals surface area contributed by atoms with Gasteiger partial charge in [0.1, 0.15) is 5.75 Å². The molecule has 2 aromatic carbocycles. The molecule has 1 heterocycles.